The van der Waals surface area contributed by atoms with Crippen molar-refractivity contribution in [3.8, 4) is 67.3 Å². The van der Waals surface area contributed by atoms with Gasteiger partial charge in [0.05, 0.1) is 11.4 Å². The fraction of sp³-hybridized carbons (Fsp3) is 0.0698. The molecule has 45 heavy (non-hydrogen) atoms. The summed E-state index contributed by atoms with van der Waals surface area (Å²) in [6, 6.07) is 55.9. The Morgan fingerprint density at radius 2 is 0.844 bits per heavy atom. The highest BCUT2D eigenvalue weighted by molar-refractivity contribution is 5.84. The van der Waals surface area contributed by atoms with Gasteiger partial charge in [-0.25, -0.2) is 9.97 Å². The molecule has 6 aromatic carbocycles. The predicted octanol–water partition coefficient (Wildman–Crippen LogP) is 11.1. The van der Waals surface area contributed by atoms with Gasteiger partial charge in [0.25, 0.3) is 0 Å². The number of nitrogens with zero attached hydrogens (tertiary/aromatic N) is 2. The maximum atomic E-state index is 5.13. The topological polar surface area (TPSA) is 25.8 Å². The summed E-state index contributed by atoms with van der Waals surface area (Å²) in [7, 11) is 0. The van der Waals surface area contributed by atoms with Crippen LogP contribution in [0.15, 0.2) is 158 Å². The molecule has 0 spiro atoms. The van der Waals surface area contributed by atoms with Crippen molar-refractivity contribution < 1.29 is 0 Å². The molecule has 0 aliphatic heterocycles. The first-order valence-corrected chi connectivity index (χ1v) is 15.5. The second-order valence-corrected chi connectivity index (χ2v) is 12.3. The zero-order valence-electron chi connectivity index (χ0n) is 25.4. The lowest BCUT2D eigenvalue weighted by molar-refractivity contribution is 0.660. The maximum absolute atomic E-state index is 5.13. The maximum Gasteiger partial charge on any atom is 0.160 e. The Labute approximate surface area is 264 Å². The molecule has 0 saturated heterocycles. The second kappa shape index (κ2) is 10.8. The fourth-order valence-corrected chi connectivity index (χ4v) is 6.67. The van der Waals surface area contributed by atoms with E-state index in [1.165, 1.54) is 38.9 Å². The lowest BCUT2D eigenvalue weighted by Crippen LogP contribution is -2.14. The molecular formula is C43H32N2. The smallest absolute Gasteiger partial charge is 0.160 e. The number of hydrogen-bond donors (Lipinski definition) is 0. The monoisotopic (exact) mass is 576 g/mol. The van der Waals surface area contributed by atoms with Crippen molar-refractivity contribution in [2.45, 2.75) is 19.3 Å². The van der Waals surface area contributed by atoms with E-state index in [2.05, 4.69) is 159 Å². The number of rotatable bonds is 5. The number of hydrogen-bond acceptors (Lipinski definition) is 2. The summed E-state index contributed by atoms with van der Waals surface area (Å²) in [5.41, 5.74) is 15.1. The van der Waals surface area contributed by atoms with Gasteiger partial charge in [0.1, 0.15) is 0 Å². The Balaban J connectivity index is 1.21. The summed E-state index contributed by atoms with van der Waals surface area (Å²) in [6.45, 7) is 4.66. The molecule has 8 rings (SSSR count). The zero-order chi connectivity index (χ0) is 30.4. The summed E-state index contributed by atoms with van der Waals surface area (Å²) in [5, 5.41) is 0. The summed E-state index contributed by atoms with van der Waals surface area (Å²) in [4.78, 5) is 10.2. The van der Waals surface area contributed by atoms with Crippen LogP contribution in [0.3, 0.4) is 0 Å². The van der Waals surface area contributed by atoms with E-state index in [0.717, 1.165) is 33.6 Å². The lowest BCUT2D eigenvalue weighted by atomic mass is 9.81. The third-order valence-corrected chi connectivity index (χ3v) is 9.12. The van der Waals surface area contributed by atoms with Crippen molar-refractivity contribution in [1.29, 1.82) is 0 Å². The van der Waals surface area contributed by atoms with Crippen LogP contribution < -0.4 is 0 Å². The molecule has 0 amide bonds. The molecule has 0 unspecified atom stereocenters. The molecule has 0 N–H and O–H groups in total. The summed E-state index contributed by atoms with van der Waals surface area (Å²) in [5.74, 6) is 0.717. The Bertz CT molecular complexity index is 2160. The molecule has 1 aliphatic carbocycles. The first kappa shape index (κ1) is 27.0. The highest BCUT2D eigenvalue weighted by Gasteiger charge is 2.35. The van der Waals surface area contributed by atoms with Crippen LogP contribution in [0.4, 0.5) is 0 Å². The van der Waals surface area contributed by atoms with Crippen molar-refractivity contribution in [1.82, 2.24) is 9.97 Å². The summed E-state index contributed by atoms with van der Waals surface area (Å²) < 4.78 is 0. The molecule has 0 bridgehead atoms. The van der Waals surface area contributed by atoms with E-state index in [-0.39, 0.29) is 5.41 Å². The molecule has 0 radical (unpaired) electrons. The van der Waals surface area contributed by atoms with Crippen LogP contribution in [0.1, 0.15) is 25.0 Å². The first-order chi connectivity index (χ1) is 22.0. The largest absolute Gasteiger partial charge is 0.228 e. The van der Waals surface area contributed by atoms with Crippen LogP contribution in [0, 0.1) is 0 Å². The van der Waals surface area contributed by atoms with Gasteiger partial charge in [0.15, 0.2) is 5.82 Å². The average Bonchev–Trinajstić information content (AvgIpc) is 3.34. The molecule has 1 heterocycles. The molecule has 2 nitrogen and oxygen atoms in total. The second-order valence-electron chi connectivity index (χ2n) is 12.3. The van der Waals surface area contributed by atoms with Crippen molar-refractivity contribution in [3.05, 3.63) is 169 Å². The van der Waals surface area contributed by atoms with Crippen LogP contribution in [-0.2, 0) is 5.41 Å². The van der Waals surface area contributed by atoms with E-state index in [1.54, 1.807) is 0 Å². The van der Waals surface area contributed by atoms with Crippen molar-refractivity contribution in [3.63, 3.8) is 0 Å². The van der Waals surface area contributed by atoms with Crippen LogP contribution >= 0.6 is 0 Å². The average molecular weight is 577 g/mol. The van der Waals surface area contributed by atoms with Crippen molar-refractivity contribution in [2.75, 3.05) is 0 Å². The quantitative estimate of drug-likeness (QED) is 0.204. The SMILES string of the molecule is CC1(C)c2ccccc2-c2ccc(-c3cccc(-c4nc(-c5ccccc5)cc(-c5ccc(-c6ccccc6)cc5)n4)c3)cc21. The number of fused-ring (bicyclic) bond motifs is 3. The Morgan fingerprint density at radius 1 is 0.356 bits per heavy atom. The molecule has 0 fully saturated rings. The standard InChI is InChI=1S/C43H32N2/c1-43(2)38-19-10-9-18-36(38)37-25-24-34(27-39(37)43)33-16-11-17-35(26-33)42-44-40(31-14-7-4-8-15-31)28-41(45-42)32-22-20-30(21-23-32)29-12-5-3-6-13-29/h3-28H,1-2H3. The van der Waals surface area contributed by atoms with Gasteiger partial charge in [0, 0.05) is 22.1 Å². The molecule has 0 saturated carbocycles. The number of aromatic nitrogens is 2. The fourth-order valence-electron chi connectivity index (χ4n) is 6.67. The molecule has 0 atom stereocenters. The Hall–Kier alpha value is -5.60. The third kappa shape index (κ3) is 4.85. The van der Waals surface area contributed by atoms with E-state index in [9.17, 15) is 0 Å². The van der Waals surface area contributed by atoms with Crippen LogP contribution in [0.2, 0.25) is 0 Å². The highest BCUT2D eigenvalue weighted by atomic mass is 14.9. The van der Waals surface area contributed by atoms with Gasteiger partial charge >= 0.3 is 0 Å². The summed E-state index contributed by atoms with van der Waals surface area (Å²) >= 11 is 0. The highest BCUT2D eigenvalue weighted by Crippen LogP contribution is 2.49. The molecule has 214 valence electrons. The van der Waals surface area contributed by atoms with E-state index >= 15 is 0 Å². The predicted molar refractivity (Wildman–Crippen MR) is 187 cm³/mol. The van der Waals surface area contributed by atoms with Crippen molar-refractivity contribution >= 4 is 0 Å². The minimum absolute atomic E-state index is 0.0440. The van der Waals surface area contributed by atoms with E-state index in [0.29, 0.717) is 5.82 Å². The van der Waals surface area contributed by atoms with Crippen LogP contribution in [-0.4, -0.2) is 9.97 Å². The van der Waals surface area contributed by atoms with Crippen LogP contribution in [0.5, 0.6) is 0 Å². The minimum atomic E-state index is -0.0440. The summed E-state index contributed by atoms with van der Waals surface area (Å²) in [6.07, 6.45) is 0. The molecule has 1 aliphatic rings. The lowest BCUT2D eigenvalue weighted by Gasteiger charge is -2.22. The normalized spacial score (nSPS) is 12.8. The number of benzene rings is 6. The molecule has 7 aromatic rings. The first-order valence-electron chi connectivity index (χ1n) is 15.5. The van der Waals surface area contributed by atoms with E-state index in [4.69, 9.17) is 9.97 Å². The molecular weight excluding hydrogens is 544 g/mol. The van der Waals surface area contributed by atoms with Gasteiger partial charge in [0.2, 0.25) is 0 Å². The van der Waals surface area contributed by atoms with E-state index in [1.807, 2.05) is 12.1 Å². The van der Waals surface area contributed by atoms with Crippen LogP contribution in [0.25, 0.3) is 67.3 Å². The van der Waals surface area contributed by atoms with E-state index < -0.39 is 0 Å². The Kier molecular flexibility index (Phi) is 6.50. The van der Waals surface area contributed by atoms with Gasteiger partial charge in [-0.05, 0) is 62.7 Å². The third-order valence-electron chi connectivity index (χ3n) is 9.12. The molecule has 1 aromatic heterocycles. The van der Waals surface area contributed by atoms with Crippen molar-refractivity contribution in [2.24, 2.45) is 0 Å². The van der Waals surface area contributed by atoms with Gasteiger partial charge in [-0.1, -0.05) is 153 Å². The molecule has 2 heteroatoms. The van der Waals surface area contributed by atoms with Gasteiger partial charge in [-0.15, -0.1) is 0 Å². The Morgan fingerprint density at radius 3 is 1.58 bits per heavy atom. The van der Waals surface area contributed by atoms with Gasteiger partial charge in [-0.2, -0.15) is 0 Å². The van der Waals surface area contributed by atoms with Gasteiger partial charge < -0.3 is 0 Å². The zero-order valence-corrected chi connectivity index (χ0v) is 25.4. The van der Waals surface area contributed by atoms with Gasteiger partial charge in [-0.3, -0.25) is 0 Å². The minimum Gasteiger partial charge on any atom is -0.228 e.